The Morgan fingerprint density at radius 2 is 1.82 bits per heavy atom. The van der Waals surface area contributed by atoms with Gasteiger partial charge in [-0.15, -0.1) is 12.4 Å². The Balaban J connectivity index is 0.00000144. The molecule has 0 unspecified atom stereocenters. The van der Waals surface area contributed by atoms with Crippen LogP contribution in [0, 0.1) is 11.8 Å². The summed E-state index contributed by atoms with van der Waals surface area (Å²) in [5.41, 5.74) is 0. The van der Waals surface area contributed by atoms with E-state index in [0.29, 0.717) is 5.92 Å². The standard InChI is InChI=1S/C13H24N2O.ClH/c16-13(15-10-12-8-14-9-12)7-6-11-4-2-1-3-5-11;/h11-12,14H,1-10H2,(H,15,16);1H. The van der Waals surface area contributed by atoms with E-state index < -0.39 is 0 Å². The molecule has 1 amide bonds. The van der Waals surface area contributed by atoms with Crippen molar-refractivity contribution in [3.8, 4) is 0 Å². The Hall–Kier alpha value is -0.280. The second kappa shape index (κ2) is 7.93. The van der Waals surface area contributed by atoms with E-state index in [9.17, 15) is 4.79 Å². The fourth-order valence-corrected chi connectivity index (χ4v) is 2.65. The Morgan fingerprint density at radius 1 is 1.12 bits per heavy atom. The molecule has 100 valence electrons. The molecule has 1 heterocycles. The third kappa shape index (κ3) is 5.26. The summed E-state index contributed by atoms with van der Waals surface area (Å²) >= 11 is 0. The first-order valence-electron chi connectivity index (χ1n) is 6.82. The predicted molar refractivity (Wildman–Crippen MR) is 72.4 cm³/mol. The van der Waals surface area contributed by atoms with Gasteiger partial charge in [-0.25, -0.2) is 0 Å². The van der Waals surface area contributed by atoms with Crippen LogP contribution < -0.4 is 10.6 Å². The van der Waals surface area contributed by atoms with Gasteiger partial charge >= 0.3 is 0 Å². The van der Waals surface area contributed by atoms with Crippen molar-refractivity contribution in [2.24, 2.45) is 11.8 Å². The second-order valence-electron chi connectivity index (χ2n) is 5.37. The van der Waals surface area contributed by atoms with Gasteiger partial charge < -0.3 is 10.6 Å². The van der Waals surface area contributed by atoms with Gasteiger partial charge in [-0.05, 0) is 12.3 Å². The van der Waals surface area contributed by atoms with Gasteiger partial charge in [-0.1, -0.05) is 32.1 Å². The highest BCUT2D eigenvalue weighted by Crippen LogP contribution is 2.27. The van der Waals surface area contributed by atoms with Crippen LogP contribution in [0.25, 0.3) is 0 Å². The first-order chi connectivity index (χ1) is 7.84. The van der Waals surface area contributed by atoms with E-state index in [1.807, 2.05) is 0 Å². The zero-order valence-electron chi connectivity index (χ0n) is 10.5. The number of hydrogen-bond acceptors (Lipinski definition) is 2. The maximum absolute atomic E-state index is 11.6. The molecule has 0 spiro atoms. The van der Waals surface area contributed by atoms with E-state index in [-0.39, 0.29) is 18.3 Å². The summed E-state index contributed by atoms with van der Waals surface area (Å²) in [7, 11) is 0. The summed E-state index contributed by atoms with van der Waals surface area (Å²) in [6.45, 7) is 3.02. The van der Waals surface area contributed by atoms with Gasteiger partial charge in [0.05, 0.1) is 0 Å². The van der Waals surface area contributed by atoms with Crippen LogP contribution in [0.3, 0.4) is 0 Å². The molecule has 0 aromatic rings. The van der Waals surface area contributed by atoms with Gasteiger partial charge in [0.25, 0.3) is 0 Å². The molecule has 17 heavy (non-hydrogen) atoms. The van der Waals surface area contributed by atoms with Gasteiger partial charge in [0.2, 0.25) is 5.91 Å². The minimum atomic E-state index is 0. The van der Waals surface area contributed by atoms with Crippen molar-refractivity contribution in [3.63, 3.8) is 0 Å². The number of rotatable bonds is 5. The lowest BCUT2D eigenvalue weighted by Crippen LogP contribution is -2.48. The van der Waals surface area contributed by atoms with Crippen LogP contribution in [0.2, 0.25) is 0 Å². The highest BCUT2D eigenvalue weighted by Gasteiger charge is 2.18. The molecule has 1 saturated heterocycles. The molecule has 1 aliphatic carbocycles. The summed E-state index contributed by atoms with van der Waals surface area (Å²) in [5.74, 6) is 1.76. The van der Waals surface area contributed by atoms with E-state index in [0.717, 1.165) is 38.4 Å². The topological polar surface area (TPSA) is 41.1 Å². The van der Waals surface area contributed by atoms with Crippen LogP contribution in [0.4, 0.5) is 0 Å². The summed E-state index contributed by atoms with van der Waals surface area (Å²) in [6, 6.07) is 0. The Morgan fingerprint density at radius 3 is 2.41 bits per heavy atom. The molecule has 0 aromatic carbocycles. The van der Waals surface area contributed by atoms with Gasteiger partial charge in [-0.3, -0.25) is 4.79 Å². The normalized spacial score (nSPS) is 21.4. The summed E-state index contributed by atoms with van der Waals surface area (Å²) in [6.07, 6.45) is 8.69. The van der Waals surface area contributed by atoms with E-state index in [2.05, 4.69) is 10.6 Å². The molecule has 1 aliphatic heterocycles. The molecular formula is C13H25ClN2O. The molecule has 1 saturated carbocycles. The molecule has 0 bridgehead atoms. The van der Waals surface area contributed by atoms with Crippen LogP contribution in [0.5, 0.6) is 0 Å². The average Bonchev–Trinajstić information content (AvgIpc) is 2.26. The molecule has 2 fully saturated rings. The van der Waals surface area contributed by atoms with Crippen molar-refractivity contribution < 1.29 is 4.79 Å². The van der Waals surface area contributed by atoms with E-state index in [1.165, 1.54) is 32.1 Å². The summed E-state index contributed by atoms with van der Waals surface area (Å²) in [4.78, 5) is 11.6. The third-order valence-corrected chi connectivity index (χ3v) is 3.96. The molecular weight excluding hydrogens is 236 g/mol. The molecule has 4 heteroatoms. The lowest BCUT2D eigenvalue weighted by atomic mass is 9.86. The highest BCUT2D eigenvalue weighted by molar-refractivity contribution is 5.85. The highest BCUT2D eigenvalue weighted by atomic mass is 35.5. The molecule has 0 atom stereocenters. The van der Waals surface area contributed by atoms with Crippen molar-refractivity contribution in [2.75, 3.05) is 19.6 Å². The lowest BCUT2D eigenvalue weighted by molar-refractivity contribution is -0.121. The average molecular weight is 261 g/mol. The van der Waals surface area contributed by atoms with E-state index in [1.54, 1.807) is 0 Å². The predicted octanol–water partition coefficient (Wildman–Crippen LogP) is 2.10. The van der Waals surface area contributed by atoms with Crippen LogP contribution in [0.15, 0.2) is 0 Å². The quantitative estimate of drug-likeness (QED) is 0.795. The number of amides is 1. The maximum Gasteiger partial charge on any atom is 0.220 e. The molecule has 2 rings (SSSR count). The fourth-order valence-electron chi connectivity index (χ4n) is 2.65. The first-order valence-corrected chi connectivity index (χ1v) is 6.82. The zero-order chi connectivity index (χ0) is 11.2. The smallest absolute Gasteiger partial charge is 0.220 e. The fraction of sp³-hybridized carbons (Fsp3) is 0.923. The monoisotopic (exact) mass is 260 g/mol. The summed E-state index contributed by atoms with van der Waals surface area (Å²) < 4.78 is 0. The van der Waals surface area contributed by atoms with Crippen molar-refractivity contribution in [2.45, 2.75) is 44.9 Å². The Kier molecular flexibility index (Phi) is 6.90. The van der Waals surface area contributed by atoms with E-state index in [4.69, 9.17) is 0 Å². The van der Waals surface area contributed by atoms with Gasteiger partial charge in [0.15, 0.2) is 0 Å². The van der Waals surface area contributed by atoms with Crippen molar-refractivity contribution in [1.29, 1.82) is 0 Å². The minimum Gasteiger partial charge on any atom is -0.356 e. The maximum atomic E-state index is 11.6. The van der Waals surface area contributed by atoms with Crippen molar-refractivity contribution in [3.05, 3.63) is 0 Å². The van der Waals surface area contributed by atoms with Crippen LogP contribution >= 0.6 is 12.4 Å². The first kappa shape index (κ1) is 14.8. The number of carbonyl (C=O) groups is 1. The summed E-state index contributed by atoms with van der Waals surface area (Å²) in [5, 5.41) is 6.26. The molecule has 2 aliphatic rings. The molecule has 2 N–H and O–H groups in total. The second-order valence-corrected chi connectivity index (χ2v) is 5.37. The number of halogens is 1. The SMILES string of the molecule is Cl.O=C(CCC1CCCCC1)NCC1CNC1. The van der Waals surface area contributed by atoms with Gasteiger partial charge in [0, 0.05) is 32.0 Å². The number of hydrogen-bond donors (Lipinski definition) is 2. The Labute approximate surface area is 111 Å². The molecule has 0 aromatic heterocycles. The number of nitrogens with one attached hydrogen (secondary N) is 2. The molecule has 3 nitrogen and oxygen atoms in total. The van der Waals surface area contributed by atoms with Crippen molar-refractivity contribution in [1.82, 2.24) is 10.6 Å². The van der Waals surface area contributed by atoms with Crippen LogP contribution in [-0.2, 0) is 4.79 Å². The molecule has 0 radical (unpaired) electrons. The van der Waals surface area contributed by atoms with Crippen LogP contribution in [-0.4, -0.2) is 25.5 Å². The largest absolute Gasteiger partial charge is 0.356 e. The van der Waals surface area contributed by atoms with Crippen molar-refractivity contribution >= 4 is 18.3 Å². The Bertz CT molecular complexity index is 225. The van der Waals surface area contributed by atoms with Gasteiger partial charge in [0.1, 0.15) is 0 Å². The van der Waals surface area contributed by atoms with E-state index >= 15 is 0 Å². The van der Waals surface area contributed by atoms with Gasteiger partial charge in [-0.2, -0.15) is 0 Å². The minimum absolute atomic E-state index is 0. The van der Waals surface area contributed by atoms with Crippen LogP contribution in [0.1, 0.15) is 44.9 Å². The zero-order valence-corrected chi connectivity index (χ0v) is 11.4. The number of carbonyl (C=O) groups excluding carboxylic acids is 1. The lowest BCUT2D eigenvalue weighted by Gasteiger charge is -2.27. The third-order valence-electron chi connectivity index (χ3n) is 3.96.